The molecule has 10 nitrogen and oxygen atoms in total. The van der Waals surface area contributed by atoms with Crippen molar-refractivity contribution < 1.29 is 50.3 Å². The molecule has 0 bridgehead atoms. The van der Waals surface area contributed by atoms with Gasteiger partial charge in [-0.05, 0) is 0 Å². The molecule has 0 aromatic carbocycles. The van der Waals surface area contributed by atoms with Gasteiger partial charge in [0.25, 0.3) is 0 Å². The first-order chi connectivity index (χ1) is 9.83. The molecule has 1 aliphatic rings. The van der Waals surface area contributed by atoms with Crippen LogP contribution in [0, 0.1) is 0 Å². The first-order valence-electron chi connectivity index (χ1n) is 6.40. The molecule has 1 aliphatic heterocycles. The quantitative estimate of drug-likeness (QED) is 0.226. The van der Waals surface area contributed by atoms with Crippen LogP contribution in [0.5, 0.6) is 0 Å². The van der Waals surface area contributed by atoms with Crippen molar-refractivity contribution >= 4 is 0 Å². The number of ether oxygens (including phenoxy) is 2. The molecule has 0 saturated carbocycles. The Morgan fingerprint density at radius 1 is 0.905 bits per heavy atom. The summed E-state index contributed by atoms with van der Waals surface area (Å²) in [4.78, 5) is 0. The van der Waals surface area contributed by atoms with Crippen molar-refractivity contribution in [2.24, 2.45) is 0 Å². The fraction of sp³-hybridized carbons (Fsp3) is 1.00. The third-order valence-corrected chi connectivity index (χ3v) is 3.26. The van der Waals surface area contributed by atoms with E-state index in [1.165, 1.54) is 0 Å². The van der Waals surface area contributed by atoms with Crippen LogP contribution in [0.15, 0.2) is 0 Å². The lowest BCUT2D eigenvalue weighted by atomic mass is 9.99. The van der Waals surface area contributed by atoms with Crippen LogP contribution in [0.3, 0.4) is 0 Å². The molecule has 8 unspecified atom stereocenters. The highest BCUT2D eigenvalue weighted by atomic mass is 16.7. The molecular formula is C11H22O10. The highest BCUT2D eigenvalue weighted by Crippen LogP contribution is 2.22. The Bertz CT molecular complexity index is 301. The summed E-state index contributed by atoms with van der Waals surface area (Å²) >= 11 is 0. The van der Waals surface area contributed by atoms with Gasteiger partial charge in [0.2, 0.25) is 0 Å². The van der Waals surface area contributed by atoms with Crippen LogP contribution in [0.1, 0.15) is 0 Å². The van der Waals surface area contributed by atoms with Crippen LogP contribution in [0.4, 0.5) is 0 Å². The minimum atomic E-state index is -1.68. The Morgan fingerprint density at radius 3 is 2.05 bits per heavy atom. The molecule has 0 radical (unpaired) electrons. The van der Waals surface area contributed by atoms with Gasteiger partial charge in [0.15, 0.2) is 6.29 Å². The van der Waals surface area contributed by atoms with Gasteiger partial charge in [-0.25, -0.2) is 0 Å². The predicted octanol–water partition coefficient (Wildman–Crippen LogP) is -5.12. The fourth-order valence-electron chi connectivity index (χ4n) is 1.86. The molecule has 0 spiro atoms. The monoisotopic (exact) mass is 314 g/mol. The zero-order chi connectivity index (χ0) is 16.2. The second-order valence-corrected chi connectivity index (χ2v) is 4.84. The SMILES string of the molecule is OCC(O)C(O)C(O)COC1OC(CO)C(O)C(O)C1O. The summed E-state index contributed by atoms with van der Waals surface area (Å²) in [5.41, 5.74) is 0. The van der Waals surface area contributed by atoms with Crippen molar-refractivity contribution in [3.8, 4) is 0 Å². The van der Waals surface area contributed by atoms with Crippen molar-refractivity contribution in [3.63, 3.8) is 0 Å². The average Bonchev–Trinajstić information content (AvgIpc) is 2.50. The summed E-state index contributed by atoms with van der Waals surface area (Å²) < 4.78 is 9.98. The van der Waals surface area contributed by atoms with Crippen molar-refractivity contribution in [1.82, 2.24) is 0 Å². The number of hydrogen-bond acceptors (Lipinski definition) is 10. The lowest BCUT2D eigenvalue weighted by molar-refractivity contribution is -0.306. The molecule has 0 aromatic heterocycles. The molecule has 8 N–H and O–H groups in total. The minimum absolute atomic E-state index is 0.582. The van der Waals surface area contributed by atoms with Gasteiger partial charge in [-0.3, -0.25) is 0 Å². The molecular weight excluding hydrogens is 292 g/mol. The molecule has 0 aromatic rings. The van der Waals surface area contributed by atoms with Gasteiger partial charge in [-0.1, -0.05) is 0 Å². The summed E-state index contributed by atoms with van der Waals surface area (Å²) in [6.07, 6.45) is -12.2. The van der Waals surface area contributed by atoms with E-state index in [4.69, 9.17) is 24.8 Å². The third kappa shape index (κ3) is 4.53. The summed E-state index contributed by atoms with van der Waals surface area (Å²) in [5, 5.41) is 74.4. The second kappa shape index (κ2) is 8.29. The van der Waals surface area contributed by atoms with Gasteiger partial charge < -0.3 is 50.3 Å². The Balaban J connectivity index is 2.53. The molecule has 1 saturated heterocycles. The standard InChI is InChI=1S/C11H22O10/c12-1-4(14)7(16)5(15)3-20-11-10(19)9(18)8(17)6(2-13)21-11/h4-19H,1-3H2. The normalized spacial score (nSPS) is 38.0. The molecule has 0 aliphatic carbocycles. The smallest absolute Gasteiger partial charge is 0.186 e. The van der Waals surface area contributed by atoms with Crippen molar-refractivity contribution in [2.45, 2.75) is 49.0 Å². The van der Waals surface area contributed by atoms with Crippen LogP contribution in [-0.4, -0.2) is 110 Å². The first kappa shape index (κ1) is 18.6. The summed E-state index contributed by atoms with van der Waals surface area (Å²) in [6.45, 7) is -1.97. The van der Waals surface area contributed by atoms with E-state index in [1.54, 1.807) is 0 Å². The molecule has 10 heteroatoms. The van der Waals surface area contributed by atoms with Gasteiger partial charge in [0.05, 0.1) is 19.8 Å². The molecule has 0 amide bonds. The maximum absolute atomic E-state index is 9.65. The topological polar surface area (TPSA) is 180 Å². The summed E-state index contributed by atoms with van der Waals surface area (Å²) in [5.74, 6) is 0. The number of hydrogen-bond donors (Lipinski definition) is 8. The zero-order valence-electron chi connectivity index (χ0n) is 11.1. The van der Waals surface area contributed by atoms with E-state index in [-0.39, 0.29) is 0 Å². The van der Waals surface area contributed by atoms with Crippen LogP contribution in [-0.2, 0) is 9.47 Å². The van der Waals surface area contributed by atoms with E-state index in [1.807, 2.05) is 0 Å². The molecule has 126 valence electrons. The number of aliphatic hydroxyl groups is 8. The molecule has 21 heavy (non-hydrogen) atoms. The zero-order valence-corrected chi connectivity index (χ0v) is 11.1. The van der Waals surface area contributed by atoms with E-state index >= 15 is 0 Å². The van der Waals surface area contributed by atoms with Gasteiger partial charge in [-0.15, -0.1) is 0 Å². The first-order valence-corrected chi connectivity index (χ1v) is 6.40. The van der Waals surface area contributed by atoms with Crippen molar-refractivity contribution in [1.29, 1.82) is 0 Å². The van der Waals surface area contributed by atoms with E-state index < -0.39 is 68.8 Å². The van der Waals surface area contributed by atoms with Gasteiger partial charge >= 0.3 is 0 Å². The van der Waals surface area contributed by atoms with Crippen LogP contribution < -0.4 is 0 Å². The molecule has 1 fully saturated rings. The van der Waals surface area contributed by atoms with E-state index in [9.17, 15) is 25.5 Å². The Labute approximate surface area is 120 Å². The summed E-state index contributed by atoms with van der Waals surface area (Å²) in [6, 6.07) is 0. The van der Waals surface area contributed by atoms with E-state index in [2.05, 4.69) is 0 Å². The van der Waals surface area contributed by atoms with Crippen molar-refractivity contribution in [2.75, 3.05) is 19.8 Å². The Morgan fingerprint density at radius 2 is 1.52 bits per heavy atom. The van der Waals surface area contributed by atoms with E-state index in [0.29, 0.717) is 0 Å². The maximum atomic E-state index is 9.65. The van der Waals surface area contributed by atoms with Gasteiger partial charge in [0, 0.05) is 0 Å². The van der Waals surface area contributed by atoms with Crippen molar-refractivity contribution in [3.05, 3.63) is 0 Å². The van der Waals surface area contributed by atoms with E-state index in [0.717, 1.165) is 0 Å². The van der Waals surface area contributed by atoms with Gasteiger partial charge in [0.1, 0.15) is 42.7 Å². The lowest BCUT2D eigenvalue weighted by Crippen LogP contribution is -2.59. The highest BCUT2D eigenvalue weighted by molar-refractivity contribution is 4.89. The highest BCUT2D eigenvalue weighted by Gasteiger charge is 2.44. The van der Waals surface area contributed by atoms with Crippen LogP contribution in [0.25, 0.3) is 0 Å². The Hall–Kier alpha value is -0.400. The predicted molar refractivity (Wildman–Crippen MR) is 64.8 cm³/mol. The molecule has 1 rings (SSSR count). The van der Waals surface area contributed by atoms with Gasteiger partial charge in [-0.2, -0.15) is 0 Å². The number of rotatable bonds is 7. The Kier molecular flexibility index (Phi) is 7.36. The summed E-state index contributed by atoms with van der Waals surface area (Å²) in [7, 11) is 0. The second-order valence-electron chi connectivity index (χ2n) is 4.84. The molecule has 8 atom stereocenters. The van der Waals surface area contributed by atoms with Crippen LogP contribution >= 0.6 is 0 Å². The average molecular weight is 314 g/mol. The maximum Gasteiger partial charge on any atom is 0.186 e. The molecule has 1 heterocycles. The third-order valence-electron chi connectivity index (χ3n) is 3.26. The number of aliphatic hydroxyl groups excluding tert-OH is 8. The van der Waals surface area contributed by atoms with Crippen LogP contribution in [0.2, 0.25) is 0 Å². The lowest BCUT2D eigenvalue weighted by Gasteiger charge is -2.40. The largest absolute Gasteiger partial charge is 0.394 e. The fourth-order valence-corrected chi connectivity index (χ4v) is 1.86. The minimum Gasteiger partial charge on any atom is -0.394 e.